The zero-order valence-electron chi connectivity index (χ0n) is 14.9. The minimum Gasteiger partial charge on any atom is -0.378 e. The molecule has 2 rings (SSSR count). The molecule has 1 saturated carbocycles. The fourth-order valence-electron chi connectivity index (χ4n) is 3.58. The molecule has 22 heavy (non-hydrogen) atoms. The molecule has 1 aliphatic heterocycles. The monoisotopic (exact) mass is 311 g/mol. The summed E-state index contributed by atoms with van der Waals surface area (Å²) in [5.41, 5.74) is -0.133. The Balaban J connectivity index is 1.69. The first kappa shape index (κ1) is 17.7. The summed E-state index contributed by atoms with van der Waals surface area (Å²) >= 11 is 0. The number of hydrogen-bond donors (Lipinski definition) is 1. The molecule has 2 aliphatic rings. The van der Waals surface area contributed by atoms with Crippen molar-refractivity contribution in [2.75, 3.05) is 46.4 Å². The lowest BCUT2D eigenvalue weighted by Crippen LogP contribution is -2.68. The third-order valence-corrected chi connectivity index (χ3v) is 6.18. The van der Waals surface area contributed by atoms with Gasteiger partial charge in [0.2, 0.25) is 5.91 Å². The minimum atomic E-state index is -0.124. The maximum absolute atomic E-state index is 12.2. The second kappa shape index (κ2) is 6.85. The average molecular weight is 311 g/mol. The molecule has 1 saturated heterocycles. The van der Waals surface area contributed by atoms with Crippen molar-refractivity contribution < 1.29 is 9.53 Å². The van der Waals surface area contributed by atoms with Gasteiger partial charge in [0.25, 0.3) is 0 Å². The molecule has 1 amide bonds. The molecule has 0 aromatic carbocycles. The van der Waals surface area contributed by atoms with E-state index in [0.29, 0.717) is 6.42 Å². The van der Waals surface area contributed by atoms with Crippen molar-refractivity contribution >= 4 is 5.91 Å². The van der Waals surface area contributed by atoms with Gasteiger partial charge in [-0.2, -0.15) is 0 Å². The van der Waals surface area contributed by atoms with Gasteiger partial charge in [0.05, 0.1) is 5.60 Å². The number of methoxy groups -OCH3 is 1. The van der Waals surface area contributed by atoms with Crippen LogP contribution in [0.4, 0.5) is 0 Å². The highest BCUT2D eigenvalue weighted by molar-refractivity contribution is 5.76. The Labute approximate surface area is 135 Å². The van der Waals surface area contributed by atoms with Crippen LogP contribution in [0.25, 0.3) is 0 Å². The Kier molecular flexibility index (Phi) is 5.51. The highest BCUT2D eigenvalue weighted by Crippen LogP contribution is 2.51. The largest absolute Gasteiger partial charge is 0.378 e. The molecule has 2 fully saturated rings. The summed E-state index contributed by atoms with van der Waals surface area (Å²) in [6, 6.07) is 0.224. The van der Waals surface area contributed by atoms with Crippen molar-refractivity contribution in [1.29, 1.82) is 0 Å². The number of nitrogens with zero attached hydrogens (tertiary/aromatic N) is 2. The second-order valence-corrected chi connectivity index (χ2v) is 7.51. The van der Waals surface area contributed by atoms with E-state index in [0.717, 1.165) is 45.7 Å². The van der Waals surface area contributed by atoms with Crippen molar-refractivity contribution in [2.45, 2.75) is 52.2 Å². The number of likely N-dealkylation sites (N-methyl/N-ethyl adjacent to an activating group) is 1. The number of ether oxygens (including phenoxy) is 1. The van der Waals surface area contributed by atoms with Crippen molar-refractivity contribution in [3.8, 4) is 0 Å². The summed E-state index contributed by atoms with van der Waals surface area (Å²) in [6.07, 6.45) is 1.50. The fourth-order valence-corrected chi connectivity index (χ4v) is 3.58. The second-order valence-electron chi connectivity index (χ2n) is 7.51. The Morgan fingerprint density at radius 1 is 1.18 bits per heavy atom. The lowest BCUT2D eigenvalue weighted by atomic mass is 9.56. The van der Waals surface area contributed by atoms with Crippen LogP contribution in [-0.2, 0) is 9.53 Å². The standard InChI is InChI=1S/C17H33N3O2/c1-6-19-9-11-20(12-10-19)8-7-15(21)18-14-13-17(4,22-5)16(14,2)3/h14H,6-13H2,1-5H3,(H,18,21)/t14-,17-/m1/s1. The molecule has 5 heteroatoms. The lowest BCUT2D eigenvalue weighted by Gasteiger charge is -2.59. The van der Waals surface area contributed by atoms with Gasteiger partial charge >= 0.3 is 0 Å². The summed E-state index contributed by atoms with van der Waals surface area (Å²) in [5, 5.41) is 3.20. The number of carbonyl (C=O) groups excluding carboxylic acids is 1. The van der Waals surface area contributed by atoms with Gasteiger partial charge in [0.15, 0.2) is 0 Å². The van der Waals surface area contributed by atoms with E-state index < -0.39 is 0 Å². The van der Waals surface area contributed by atoms with E-state index in [1.54, 1.807) is 7.11 Å². The van der Waals surface area contributed by atoms with Crippen LogP contribution >= 0.6 is 0 Å². The van der Waals surface area contributed by atoms with Gasteiger partial charge in [-0.1, -0.05) is 20.8 Å². The lowest BCUT2D eigenvalue weighted by molar-refractivity contribution is -0.182. The highest BCUT2D eigenvalue weighted by atomic mass is 16.5. The normalized spacial score (nSPS) is 32.5. The average Bonchev–Trinajstić information content (AvgIpc) is 2.52. The molecule has 0 radical (unpaired) electrons. The number of piperazine rings is 1. The molecular weight excluding hydrogens is 278 g/mol. The van der Waals surface area contributed by atoms with Gasteiger partial charge in [0.1, 0.15) is 0 Å². The topological polar surface area (TPSA) is 44.8 Å². The van der Waals surface area contributed by atoms with E-state index in [4.69, 9.17) is 4.74 Å². The number of amides is 1. The minimum absolute atomic E-state index is 0.00976. The van der Waals surface area contributed by atoms with Crippen LogP contribution in [-0.4, -0.2) is 73.7 Å². The number of hydrogen-bond acceptors (Lipinski definition) is 4. The van der Waals surface area contributed by atoms with E-state index >= 15 is 0 Å². The molecule has 0 spiro atoms. The third-order valence-electron chi connectivity index (χ3n) is 6.18. The predicted octanol–water partition coefficient (Wildman–Crippen LogP) is 1.33. The van der Waals surface area contributed by atoms with Crippen molar-refractivity contribution in [3.05, 3.63) is 0 Å². The zero-order chi connectivity index (χ0) is 16.4. The quantitative estimate of drug-likeness (QED) is 0.804. The van der Waals surface area contributed by atoms with Crippen molar-refractivity contribution in [2.24, 2.45) is 5.41 Å². The van der Waals surface area contributed by atoms with Crippen LogP contribution in [0, 0.1) is 5.41 Å². The third kappa shape index (κ3) is 3.47. The fraction of sp³-hybridized carbons (Fsp3) is 0.941. The predicted molar refractivity (Wildman–Crippen MR) is 88.9 cm³/mol. The molecule has 1 aliphatic carbocycles. The van der Waals surface area contributed by atoms with E-state index in [-0.39, 0.29) is 23.0 Å². The molecule has 1 heterocycles. The van der Waals surface area contributed by atoms with Gasteiger partial charge in [-0.05, 0) is 19.9 Å². The number of nitrogens with one attached hydrogen (secondary N) is 1. The zero-order valence-corrected chi connectivity index (χ0v) is 14.9. The molecule has 1 N–H and O–H groups in total. The van der Waals surface area contributed by atoms with Crippen LogP contribution in [0.1, 0.15) is 40.5 Å². The summed E-state index contributed by atoms with van der Waals surface area (Å²) in [5.74, 6) is 0.175. The van der Waals surface area contributed by atoms with Gasteiger partial charge in [-0.15, -0.1) is 0 Å². The van der Waals surface area contributed by atoms with Crippen LogP contribution in [0.3, 0.4) is 0 Å². The molecule has 2 atom stereocenters. The van der Waals surface area contributed by atoms with Gasteiger partial charge in [0, 0.05) is 57.7 Å². The number of rotatable bonds is 6. The van der Waals surface area contributed by atoms with Crippen LogP contribution in [0.15, 0.2) is 0 Å². The Bertz CT molecular complexity index is 391. The van der Waals surface area contributed by atoms with Gasteiger partial charge < -0.3 is 19.9 Å². The maximum Gasteiger partial charge on any atom is 0.221 e. The summed E-state index contributed by atoms with van der Waals surface area (Å²) in [6.45, 7) is 15.1. The van der Waals surface area contributed by atoms with Crippen LogP contribution in [0.5, 0.6) is 0 Å². The van der Waals surface area contributed by atoms with Crippen molar-refractivity contribution in [3.63, 3.8) is 0 Å². The summed E-state index contributed by atoms with van der Waals surface area (Å²) in [7, 11) is 1.76. The molecule has 0 unspecified atom stereocenters. The first-order valence-electron chi connectivity index (χ1n) is 8.61. The maximum atomic E-state index is 12.2. The highest BCUT2D eigenvalue weighted by Gasteiger charge is 2.58. The molecule has 128 valence electrons. The molecular formula is C17H33N3O2. The molecule has 5 nitrogen and oxygen atoms in total. The van der Waals surface area contributed by atoms with Gasteiger partial charge in [-0.3, -0.25) is 4.79 Å². The Hall–Kier alpha value is -0.650. The Morgan fingerprint density at radius 2 is 1.77 bits per heavy atom. The SMILES string of the molecule is CCN1CCN(CCC(=O)N[C@@H]2C[C@@](C)(OC)C2(C)C)CC1. The van der Waals surface area contributed by atoms with Gasteiger partial charge in [-0.25, -0.2) is 0 Å². The van der Waals surface area contributed by atoms with E-state index in [9.17, 15) is 4.79 Å². The Morgan fingerprint density at radius 3 is 2.27 bits per heavy atom. The van der Waals surface area contributed by atoms with Crippen LogP contribution < -0.4 is 5.32 Å². The van der Waals surface area contributed by atoms with E-state index in [1.165, 1.54) is 0 Å². The molecule has 0 aromatic rings. The van der Waals surface area contributed by atoms with Crippen LogP contribution in [0.2, 0.25) is 0 Å². The molecule has 0 aromatic heterocycles. The first-order valence-corrected chi connectivity index (χ1v) is 8.61. The summed E-state index contributed by atoms with van der Waals surface area (Å²) < 4.78 is 5.61. The molecule has 0 bridgehead atoms. The smallest absolute Gasteiger partial charge is 0.221 e. The van der Waals surface area contributed by atoms with E-state index in [1.807, 2.05) is 0 Å². The first-order chi connectivity index (χ1) is 10.3. The number of carbonyl (C=O) groups is 1. The van der Waals surface area contributed by atoms with Crippen molar-refractivity contribution in [1.82, 2.24) is 15.1 Å². The summed E-state index contributed by atoms with van der Waals surface area (Å²) in [4.78, 5) is 17.1. The van der Waals surface area contributed by atoms with E-state index in [2.05, 4.69) is 42.8 Å².